The predicted molar refractivity (Wildman–Crippen MR) is 97.2 cm³/mol. The third-order valence-electron chi connectivity index (χ3n) is 4.64. The highest BCUT2D eigenvalue weighted by atomic mass is 16.2. The minimum absolute atomic E-state index is 0.121. The van der Waals surface area contributed by atoms with Crippen molar-refractivity contribution in [3.63, 3.8) is 0 Å². The van der Waals surface area contributed by atoms with Gasteiger partial charge in [0.05, 0.1) is 12.8 Å². The molecule has 0 radical (unpaired) electrons. The Balaban J connectivity index is 1.54. The van der Waals surface area contributed by atoms with Gasteiger partial charge in [-0.25, -0.2) is 0 Å². The summed E-state index contributed by atoms with van der Waals surface area (Å²) in [5.41, 5.74) is 3.15. The van der Waals surface area contributed by atoms with Crippen LogP contribution in [0.25, 0.3) is 0 Å². The van der Waals surface area contributed by atoms with Crippen LogP contribution in [0.5, 0.6) is 0 Å². The van der Waals surface area contributed by atoms with Crippen molar-refractivity contribution in [2.24, 2.45) is 0 Å². The molecule has 1 N–H and O–H groups in total. The molecule has 0 bridgehead atoms. The SMILES string of the molecule is Cc1cccc(CC(=O)N2CCCN(C(=O)Cc3ccc[nH]3)CC2)c1. The molecule has 25 heavy (non-hydrogen) atoms. The summed E-state index contributed by atoms with van der Waals surface area (Å²) in [6.07, 6.45) is 3.48. The van der Waals surface area contributed by atoms with Crippen molar-refractivity contribution in [3.8, 4) is 0 Å². The molecule has 1 aromatic carbocycles. The molecule has 2 amide bonds. The van der Waals surface area contributed by atoms with Gasteiger partial charge in [-0.1, -0.05) is 29.8 Å². The van der Waals surface area contributed by atoms with E-state index in [-0.39, 0.29) is 11.8 Å². The molecule has 1 aromatic heterocycles. The minimum atomic E-state index is 0.121. The number of aromatic amines is 1. The highest BCUT2D eigenvalue weighted by Crippen LogP contribution is 2.10. The van der Waals surface area contributed by atoms with E-state index >= 15 is 0 Å². The molecule has 1 aliphatic rings. The van der Waals surface area contributed by atoms with Gasteiger partial charge in [-0.05, 0) is 31.0 Å². The van der Waals surface area contributed by atoms with E-state index in [4.69, 9.17) is 0 Å². The molecule has 2 aromatic rings. The van der Waals surface area contributed by atoms with Crippen molar-refractivity contribution in [2.45, 2.75) is 26.2 Å². The number of rotatable bonds is 4. The van der Waals surface area contributed by atoms with E-state index in [1.165, 1.54) is 5.56 Å². The maximum atomic E-state index is 12.6. The lowest BCUT2D eigenvalue weighted by Crippen LogP contribution is -2.38. The Labute approximate surface area is 148 Å². The van der Waals surface area contributed by atoms with E-state index in [1.807, 2.05) is 53.3 Å². The average molecular weight is 339 g/mol. The van der Waals surface area contributed by atoms with E-state index in [1.54, 1.807) is 0 Å². The largest absolute Gasteiger partial charge is 0.365 e. The summed E-state index contributed by atoms with van der Waals surface area (Å²) < 4.78 is 0. The number of hydrogen-bond donors (Lipinski definition) is 1. The first-order valence-corrected chi connectivity index (χ1v) is 8.85. The number of benzene rings is 1. The number of nitrogens with zero attached hydrogens (tertiary/aromatic N) is 2. The molecule has 5 nitrogen and oxygen atoms in total. The van der Waals surface area contributed by atoms with Crippen LogP contribution >= 0.6 is 0 Å². The van der Waals surface area contributed by atoms with Gasteiger partial charge >= 0.3 is 0 Å². The fourth-order valence-electron chi connectivity index (χ4n) is 3.28. The standard InChI is InChI=1S/C20H25N3O2/c1-16-5-2-6-17(13-16)14-19(24)22-9-4-10-23(12-11-22)20(25)15-18-7-3-8-21-18/h2-3,5-8,13,21H,4,9-12,14-15H2,1H3. The van der Waals surface area contributed by atoms with Crippen LogP contribution in [-0.2, 0) is 22.4 Å². The first kappa shape index (κ1) is 17.3. The second kappa shape index (κ2) is 8.01. The molecule has 0 spiro atoms. The lowest BCUT2D eigenvalue weighted by atomic mass is 10.1. The number of aromatic nitrogens is 1. The summed E-state index contributed by atoms with van der Waals surface area (Å²) in [6, 6.07) is 11.9. The zero-order chi connectivity index (χ0) is 17.6. The molecule has 0 atom stereocenters. The lowest BCUT2D eigenvalue weighted by Gasteiger charge is -2.22. The number of carbonyl (C=O) groups is 2. The van der Waals surface area contributed by atoms with Crippen molar-refractivity contribution in [1.29, 1.82) is 0 Å². The Morgan fingerprint density at radius 1 is 0.960 bits per heavy atom. The van der Waals surface area contributed by atoms with Crippen molar-refractivity contribution >= 4 is 11.8 Å². The van der Waals surface area contributed by atoms with Gasteiger partial charge in [0.1, 0.15) is 0 Å². The molecule has 1 aliphatic heterocycles. The van der Waals surface area contributed by atoms with Gasteiger partial charge < -0.3 is 14.8 Å². The van der Waals surface area contributed by atoms with E-state index in [2.05, 4.69) is 11.1 Å². The molecule has 3 rings (SSSR count). The molecular weight excluding hydrogens is 314 g/mol. The zero-order valence-corrected chi connectivity index (χ0v) is 14.7. The first-order chi connectivity index (χ1) is 12.1. The fourth-order valence-corrected chi connectivity index (χ4v) is 3.28. The molecule has 0 unspecified atom stereocenters. The van der Waals surface area contributed by atoms with Gasteiger partial charge in [0.15, 0.2) is 0 Å². The highest BCUT2D eigenvalue weighted by molar-refractivity contribution is 5.80. The van der Waals surface area contributed by atoms with Gasteiger partial charge in [-0.3, -0.25) is 9.59 Å². The van der Waals surface area contributed by atoms with Crippen LogP contribution in [0.4, 0.5) is 0 Å². The second-order valence-corrected chi connectivity index (χ2v) is 6.65. The Morgan fingerprint density at radius 2 is 1.68 bits per heavy atom. The number of hydrogen-bond acceptors (Lipinski definition) is 2. The molecule has 0 aliphatic carbocycles. The van der Waals surface area contributed by atoms with Crippen LogP contribution in [0.1, 0.15) is 23.2 Å². The molecule has 2 heterocycles. The smallest absolute Gasteiger partial charge is 0.228 e. The molecule has 1 fully saturated rings. The summed E-state index contributed by atoms with van der Waals surface area (Å²) in [5.74, 6) is 0.264. The number of carbonyl (C=O) groups excluding carboxylic acids is 2. The normalized spacial score (nSPS) is 15.1. The minimum Gasteiger partial charge on any atom is -0.365 e. The van der Waals surface area contributed by atoms with Crippen LogP contribution in [0.15, 0.2) is 42.6 Å². The van der Waals surface area contributed by atoms with Gasteiger partial charge in [-0.2, -0.15) is 0 Å². The Hall–Kier alpha value is -2.56. The van der Waals surface area contributed by atoms with Crippen molar-refractivity contribution < 1.29 is 9.59 Å². The summed E-state index contributed by atoms with van der Waals surface area (Å²) in [7, 11) is 0. The van der Waals surface area contributed by atoms with Gasteiger partial charge in [0.25, 0.3) is 0 Å². The topological polar surface area (TPSA) is 56.4 Å². The monoisotopic (exact) mass is 339 g/mol. The van der Waals surface area contributed by atoms with Gasteiger partial charge in [0, 0.05) is 38.1 Å². The van der Waals surface area contributed by atoms with Crippen LogP contribution in [0.3, 0.4) is 0 Å². The number of nitrogens with one attached hydrogen (secondary N) is 1. The van der Waals surface area contributed by atoms with Crippen molar-refractivity contribution in [3.05, 3.63) is 59.4 Å². The van der Waals surface area contributed by atoms with E-state index in [9.17, 15) is 9.59 Å². The van der Waals surface area contributed by atoms with Crippen molar-refractivity contribution in [1.82, 2.24) is 14.8 Å². The fraction of sp³-hybridized carbons (Fsp3) is 0.400. The Morgan fingerprint density at radius 3 is 2.32 bits per heavy atom. The van der Waals surface area contributed by atoms with E-state index < -0.39 is 0 Å². The third-order valence-corrected chi connectivity index (χ3v) is 4.64. The van der Waals surface area contributed by atoms with E-state index in [0.717, 1.165) is 24.2 Å². The third kappa shape index (κ3) is 4.72. The summed E-state index contributed by atoms with van der Waals surface area (Å²) >= 11 is 0. The highest BCUT2D eigenvalue weighted by Gasteiger charge is 2.22. The summed E-state index contributed by atoms with van der Waals surface area (Å²) in [6.45, 7) is 4.69. The van der Waals surface area contributed by atoms with Crippen LogP contribution in [0, 0.1) is 6.92 Å². The number of amides is 2. The predicted octanol–water partition coefficient (Wildman–Crippen LogP) is 2.17. The summed E-state index contributed by atoms with van der Waals surface area (Å²) in [4.78, 5) is 31.8. The Kier molecular flexibility index (Phi) is 5.53. The maximum Gasteiger partial charge on any atom is 0.228 e. The lowest BCUT2D eigenvalue weighted by molar-refractivity contribution is -0.132. The van der Waals surface area contributed by atoms with Crippen LogP contribution < -0.4 is 0 Å². The van der Waals surface area contributed by atoms with Crippen LogP contribution in [0.2, 0.25) is 0 Å². The average Bonchev–Trinajstić information content (AvgIpc) is 2.95. The molecule has 132 valence electrons. The quantitative estimate of drug-likeness (QED) is 0.928. The molecule has 1 saturated heterocycles. The molecular formula is C20H25N3O2. The number of H-pyrrole nitrogens is 1. The first-order valence-electron chi connectivity index (χ1n) is 8.85. The van der Waals surface area contributed by atoms with Crippen LogP contribution in [-0.4, -0.2) is 52.8 Å². The number of aryl methyl sites for hydroxylation is 1. The van der Waals surface area contributed by atoms with Gasteiger partial charge in [-0.15, -0.1) is 0 Å². The van der Waals surface area contributed by atoms with E-state index in [0.29, 0.717) is 32.5 Å². The Bertz CT molecular complexity index is 724. The van der Waals surface area contributed by atoms with Crippen molar-refractivity contribution in [2.75, 3.05) is 26.2 Å². The second-order valence-electron chi connectivity index (χ2n) is 6.65. The van der Waals surface area contributed by atoms with Gasteiger partial charge in [0.2, 0.25) is 11.8 Å². The zero-order valence-electron chi connectivity index (χ0n) is 14.7. The summed E-state index contributed by atoms with van der Waals surface area (Å²) in [5, 5.41) is 0. The molecule has 5 heteroatoms. The maximum absolute atomic E-state index is 12.6. The molecule has 0 saturated carbocycles.